The molecule has 0 aromatic heterocycles. The molecule has 2 aromatic rings. The van der Waals surface area contributed by atoms with Gasteiger partial charge in [0.2, 0.25) is 0 Å². The van der Waals surface area contributed by atoms with Gasteiger partial charge in [-0.15, -0.1) is 0 Å². The summed E-state index contributed by atoms with van der Waals surface area (Å²) in [7, 11) is 4.57. The van der Waals surface area contributed by atoms with E-state index in [0.29, 0.717) is 28.5 Å². The maximum Gasteiger partial charge on any atom is 0.311 e. The summed E-state index contributed by atoms with van der Waals surface area (Å²) in [5.74, 6) is 0.642. The Balaban J connectivity index is 1.95. The Morgan fingerprint density at radius 2 is 1.59 bits per heavy atom. The van der Waals surface area contributed by atoms with Crippen molar-refractivity contribution in [2.45, 2.75) is 19.4 Å². The third-order valence-electron chi connectivity index (χ3n) is 3.84. The number of amides is 1. The van der Waals surface area contributed by atoms with Crippen molar-refractivity contribution in [3.05, 3.63) is 48.0 Å². The molecule has 2 rings (SSSR count). The molecule has 0 bridgehead atoms. The Morgan fingerprint density at radius 1 is 0.926 bits per heavy atom. The van der Waals surface area contributed by atoms with E-state index in [4.69, 9.17) is 18.9 Å². The van der Waals surface area contributed by atoms with Crippen LogP contribution in [-0.2, 0) is 20.7 Å². The largest absolute Gasteiger partial charge is 0.495 e. The van der Waals surface area contributed by atoms with Gasteiger partial charge < -0.3 is 24.3 Å². The number of benzene rings is 2. The SMILES string of the molecule is COc1ccccc1NC(=O)[C@@H](C)OC(=O)Cc1ccc(OC)c(OC)c1. The summed E-state index contributed by atoms with van der Waals surface area (Å²) in [6.45, 7) is 1.51. The normalized spacial score (nSPS) is 11.3. The Morgan fingerprint density at radius 3 is 2.26 bits per heavy atom. The summed E-state index contributed by atoms with van der Waals surface area (Å²) in [6, 6.07) is 12.1. The molecule has 0 aliphatic heterocycles. The van der Waals surface area contributed by atoms with E-state index < -0.39 is 18.0 Å². The molecule has 27 heavy (non-hydrogen) atoms. The Kier molecular flexibility index (Phi) is 7.05. The first-order valence-electron chi connectivity index (χ1n) is 8.32. The van der Waals surface area contributed by atoms with Gasteiger partial charge in [0.15, 0.2) is 17.6 Å². The van der Waals surface area contributed by atoms with Gasteiger partial charge in [-0.25, -0.2) is 0 Å². The van der Waals surface area contributed by atoms with Gasteiger partial charge in [0.05, 0.1) is 33.4 Å². The van der Waals surface area contributed by atoms with Crippen molar-refractivity contribution >= 4 is 17.6 Å². The molecule has 0 unspecified atom stereocenters. The van der Waals surface area contributed by atoms with Crippen LogP contribution in [0.15, 0.2) is 42.5 Å². The standard InChI is InChI=1S/C20H23NO6/c1-13(20(23)21-15-7-5-6-8-16(15)24-2)27-19(22)12-14-9-10-17(25-3)18(11-14)26-4/h5-11,13H,12H2,1-4H3,(H,21,23)/t13-/m1/s1. The molecule has 0 fully saturated rings. The first-order chi connectivity index (χ1) is 13.0. The van der Waals surface area contributed by atoms with Crippen LogP contribution in [-0.4, -0.2) is 39.3 Å². The maximum atomic E-state index is 12.3. The van der Waals surface area contributed by atoms with Crippen LogP contribution >= 0.6 is 0 Å². The van der Waals surface area contributed by atoms with Crippen molar-refractivity contribution in [1.29, 1.82) is 0 Å². The van der Waals surface area contributed by atoms with Crippen LogP contribution in [0.3, 0.4) is 0 Å². The van der Waals surface area contributed by atoms with Gasteiger partial charge in [-0.1, -0.05) is 18.2 Å². The van der Waals surface area contributed by atoms with E-state index in [-0.39, 0.29) is 6.42 Å². The Bertz CT molecular complexity index is 805. The number of rotatable bonds is 8. The highest BCUT2D eigenvalue weighted by Gasteiger charge is 2.19. The molecular formula is C20H23NO6. The molecule has 0 saturated heterocycles. The maximum absolute atomic E-state index is 12.3. The van der Waals surface area contributed by atoms with E-state index in [1.54, 1.807) is 42.5 Å². The van der Waals surface area contributed by atoms with Gasteiger partial charge in [0.1, 0.15) is 5.75 Å². The summed E-state index contributed by atoms with van der Waals surface area (Å²) >= 11 is 0. The van der Waals surface area contributed by atoms with E-state index in [9.17, 15) is 9.59 Å². The highest BCUT2D eigenvalue weighted by Crippen LogP contribution is 2.28. The first kappa shape index (κ1) is 20.1. The number of anilines is 1. The Hall–Kier alpha value is -3.22. The lowest BCUT2D eigenvalue weighted by Crippen LogP contribution is -2.30. The fourth-order valence-corrected chi connectivity index (χ4v) is 2.43. The number of nitrogens with one attached hydrogen (secondary N) is 1. The summed E-state index contributed by atoms with van der Waals surface area (Å²) in [5.41, 5.74) is 1.20. The lowest BCUT2D eigenvalue weighted by Gasteiger charge is -2.15. The molecule has 1 atom stereocenters. The zero-order chi connectivity index (χ0) is 19.8. The van der Waals surface area contributed by atoms with Gasteiger partial charge in [-0.2, -0.15) is 0 Å². The fourth-order valence-electron chi connectivity index (χ4n) is 2.43. The number of methoxy groups -OCH3 is 3. The van der Waals surface area contributed by atoms with E-state index >= 15 is 0 Å². The minimum Gasteiger partial charge on any atom is -0.495 e. The van der Waals surface area contributed by atoms with E-state index in [1.807, 2.05) is 0 Å². The number of hydrogen-bond donors (Lipinski definition) is 1. The molecule has 7 heteroatoms. The van der Waals surface area contributed by atoms with Gasteiger partial charge in [0.25, 0.3) is 5.91 Å². The van der Waals surface area contributed by atoms with Crippen molar-refractivity contribution in [3.8, 4) is 17.2 Å². The molecule has 0 aliphatic rings. The van der Waals surface area contributed by atoms with Gasteiger partial charge in [-0.3, -0.25) is 9.59 Å². The second kappa shape index (κ2) is 9.47. The van der Waals surface area contributed by atoms with Crippen molar-refractivity contribution in [2.24, 2.45) is 0 Å². The van der Waals surface area contributed by atoms with Gasteiger partial charge in [-0.05, 0) is 36.8 Å². The first-order valence-corrected chi connectivity index (χ1v) is 8.32. The molecule has 1 amide bonds. The third kappa shape index (κ3) is 5.37. The van der Waals surface area contributed by atoms with Crippen molar-refractivity contribution < 1.29 is 28.5 Å². The molecule has 144 valence electrons. The smallest absolute Gasteiger partial charge is 0.311 e. The van der Waals surface area contributed by atoms with Crippen LogP contribution in [0.25, 0.3) is 0 Å². The molecule has 0 saturated carbocycles. The lowest BCUT2D eigenvalue weighted by molar-refractivity contribution is -0.152. The topological polar surface area (TPSA) is 83.1 Å². The number of esters is 1. The van der Waals surface area contributed by atoms with Crippen LogP contribution in [0.1, 0.15) is 12.5 Å². The molecule has 0 radical (unpaired) electrons. The quantitative estimate of drug-likeness (QED) is 0.717. The molecular weight excluding hydrogens is 350 g/mol. The van der Waals surface area contributed by atoms with E-state index in [2.05, 4.69) is 5.32 Å². The number of carbonyl (C=O) groups excluding carboxylic acids is 2. The molecule has 7 nitrogen and oxygen atoms in total. The van der Waals surface area contributed by atoms with Gasteiger partial charge in [0, 0.05) is 0 Å². The predicted octanol–water partition coefficient (Wildman–Crippen LogP) is 2.83. The minimum atomic E-state index is -0.956. The van der Waals surface area contributed by atoms with Crippen LogP contribution in [0.2, 0.25) is 0 Å². The Labute approximate surface area is 158 Å². The summed E-state index contributed by atoms with van der Waals surface area (Å²) < 4.78 is 20.8. The van der Waals surface area contributed by atoms with E-state index in [1.165, 1.54) is 28.3 Å². The average Bonchev–Trinajstić information content (AvgIpc) is 2.68. The number of ether oxygens (including phenoxy) is 4. The fraction of sp³-hybridized carbons (Fsp3) is 0.300. The number of hydrogen-bond acceptors (Lipinski definition) is 6. The minimum absolute atomic E-state index is 0.00658. The van der Waals surface area contributed by atoms with Crippen LogP contribution in [0, 0.1) is 0 Å². The molecule has 0 aliphatic carbocycles. The summed E-state index contributed by atoms with van der Waals surface area (Å²) in [4.78, 5) is 24.4. The van der Waals surface area contributed by atoms with Crippen molar-refractivity contribution in [1.82, 2.24) is 0 Å². The second-order valence-electron chi connectivity index (χ2n) is 5.69. The molecule has 2 aromatic carbocycles. The summed E-state index contributed by atoms with van der Waals surface area (Å²) in [6.07, 6.45) is -0.949. The molecule has 1 N–H and O–H groups in total. The lowest BCUT2D eigenvalue weighted by atomic mass is 10.1. The van der Waals surface area contributed by atoms with Gasteiger partial charge >= 0.3 is 5.97 Å². The monoisotopic (exact) mass is 373 g/mol. The summed E-state index contributed by atoms with van der Waals surface area (Å²) in [5, 5.41) is 2.69. The molecule has 0 spiro atoms. The zero-order valence-corrected chi connectivity index (χ0v) is 15.8. The highest BCUT2D eigenvalue weighted by molar-refractivity contribution is 5.96. The zero-order valence-electron chi connectivity index (χ0n) is 15.8. The van der Waals surface area contributed by atoms with Crippen molar-refractivity contribution in [3.63, 3.8) is 0 Å². The van der Waals surface area contributed by atoms with Crippen LogP contribution in [0.4, 0.5) is 5.69 Å². The average molecular weight is 373 g/mol. The third-order valence-corrected chi connectivity index (χ3v) is 3.84. The van der Waals surface area contributed by atoms with Crippen molar-refractivity contribution in [2.75, 3.05) is 26.6 Å². The van der Waals surface area contributed by atoms with E-state index in [0.717, 1.165) is 0 Å². The van der Waals surface area contributed by atoms with Crippen LogP contribution in [0.5, 0.6) is 17.2 Å². The number of para-hydroxylation sites is 2. The number of carbonyl (C=O) groups is 2. The highest BCUT2D eigenvalue weighted by atomic mass is 16.5. The molecule has 0 heterocycles. The predicted molar refractivity (Wildman–Crippen MR) is 100 cm³/mol. The van der Waals surface area contributed by atoms with Crippen LogP contribution < -0.4 is 19.5 Å². The second-order valence-corrected chi connectivity index (χ2v) is 5.69.